The molecule has 0 unspecified atom stereocenters. The monoisotopic (exact) mass is 554 g/mol. The number of anilines is 1. The second-order valence-electron chi connectivity index (χ2n) is 13.0. The molecule has 216 valence electrons. The van der Waals surface area contributed by atoms with Crippen molar-refractivity contribution in [3.8, 4) is 0 Å². The van der Waals surface area contributed by atoms with Gasteiger partial charge in [0.25, 0.3) is 11.5 Å². The third kappa shape index (κ3) is 5.45. The van der Waals surface area contributed by atoms with Gasteiger partial charge in [-0.25, -0.2) is 13.8 Å². The highest BCUT2D eigenvalue weighted by Crippen LogP contribution is 2.39. The molecule has 2 aliphatic carbocycles. The van der Waals surface area contributed by atoms with E-state index in [0.29, 0.717) is 36.7 Å². The summed E-state index contributed by atoms with van der Waals surface area (Å²) in [6.45, 7) is 11.6. The number of hydrogen-bond acceptors (Lipinski definition) is 7. The van der Waals surface area contributed by atoms with Gasteiger partial charge in [0.1, 0.15) is 5.65 Å². The molecule has 6 rings (SSSR count). The minimum atomic E-state index is -2.65. The Balaban J connectivity index is 1.34. The maximum absolute atomic E-state index is 14.1. The summed E-state index contributed by atoms with van der Waals surface area (Å²) in [5, 5.41) is 15.4. The Bertz CT molecular complexity index is 1440. The quantitative estimate of drug-likeness (QED) is 0.448. The topological polar surface area (TPSA) is 86.5 Å². The third-order valence-corrected chi connectivity index (χ3v) is 9.00. The van der Waals surface area contributed by atoms with Crippen molar-refractivity contribution in [1.82, 2.24) is 24.3 Å². The predicted octanol–water partition coefficient (Wildman–Crippen LogP) is 4.55. The number of pyridine rings is 1. The molecule has 0 spiro atoms. The second kappa shape index (κ2) is 10.3. The molecule has 3 aliphatic rings. The first-order valence-corrected chi connectivity index (χ1v) is 14.6. The van der Waals surface area contributed by atoms with Crippen LogP contribution in [0.5, 0.6) is 0 Å². The number of alkyl halides is 2. The average molecular weight is 555 g/mol. The number of aliphatic hydroxyl groups excluding tert-OH is 1. The number of nitrogens with zero attached hydrogens (tertiary/aromatic N) is 5. The van der Waals surface area contributed by atoms with Gasteiger partial charge in [-0.2, -0.15) is 4.98 Å². The fourth-order valence-corrected chi connectivity index (χ4v) is 6.58. The zero-order valence-corrected chi connectivity index (χ0v) is 23.7. The molecule has 10 heteroatoms. The van der Waals surface area contributed by atoms with E-state index in [9.17, 15) is 18.7 Å². The van der Waals surface area contributed by atoms with Crippen LogP contribution in [-0.2, 0) is 6.54 Å². The first-order valence-electron chi connectivity index (χ1n) is 14.6. The molecule has 0 atom stereocenters. The molecule has 2 N–H and O–H groups in total. The van der Waals surface area contributed by atoms with Crippen molar-refractivity contribution < 1.29 is 13.9 Å². The van der Waals surface area contributed by atoms with E-state index in [1.54, 1.807) is 10.8 Å². The van der Waals surface area contributed by atoms with E-state index in [1.165, 1.54) is 0 Å². The van der Waals surface area contributed by atoms with Gasteiger partial charge in [-0.05, 0) is 63.5 Å². The van der Waals surface area contributed by atoms with Crippen LogP contribution in [0, 0.1) is 0 Å². The molecule has 1 aliphatic heterocycles. The van der Waals surface area contributed by atoms with Crippen LogP contribution in [0.4, 0.5) is 14.7 Å². The molecule has 3 fully saturated rings. The van der Waals surface area contributed by atoms with Gasteiger partial charge in [-0.15, -0.1) is 0 Å². The number of fused-ring (bicyclic) bond motifs is 3. The summed E-state index contributed by atoms with van der Waals surface area (Å²) in [4.78, 5) is 28.2. The number of nitrogens with one attached hydrogen (secondary N) is 1. The van der Waals surface area contributed by atoms with Crippen molar-refractivity contribution in [3.05, 3.63) is 40.3 Å². The standard InChI is InChI=1S/C30H40F2N6O2/c1-29(2,3)37-12-10-36(11-13-37)18-19-4-9-23-24(14-19)27(40)38(21-5-7-22(39)8-6-21)26-25(23)17-33-28(35-26)34-20-15-30(31,32)16-20/h4,9,14,17,20-22,39H,5-8,10-13,15-16,18H2,1-3H3,(H,33,34,35). The molecule has 3 heterocycles. The molecule has 1 saturated heterocycles. The predicted molar refractivity (Wildman–Crippen MR) is 153 cm³/mol. The summed E-state index contributed by atoms with van der Waals surface area (Å²) >= 11 is 0. The molecule has 8 nitrogen and oxygen atoms in total. The Morgan fingerprint density at radius 3 is 2.38 bits per heavy atom. The van der Waals surface area contributed by atoms with Crippen molar-refractivity contribution in [2.24, 2.45) is 0 Å². The van der Waals surface area contributed by atoms with Crippen LogP contribution < -0.4 is 10.9 Å². The SMILES string of the molecule is CC(C)(C)N1CCN(Cc2ccc3c(c2)c(=O)n(C2CCC(O)CC2)c2nc(NC4CC(F)(F)C4)ncc32)CC1. The van der Waals surface area contributed by atoms with E-state index in [-0.39, 0.29) is 48.1 Å². The van der Waals surface area contributed by atoms with Crippen molar-refractivity contribution in [3.63, 3.8) is 0 Å². The van der Waals surface area contributed by atoms with Crippen molar-refractivity contribution in [1.29, 1.82) is 0 Å². The number of hydrogen-bond donors (Lipinski definition) is 2. The van der Waals surface area contributed by atoms with Gasteiger partial charge in [-0.3, -0.25) is 19.2 Å². The summed E-state index contributed by atoms with van der Waals surface area (Å²) in [5.41, 5.74) is 1.69. The van der Waals surface area contributed by atoms with E-state index in [2.05, 4.69) is 46.9 Å². The number of benzene rings is 1. The van der Waals surface area contributed by atoms with Gasteiger partial charge in [-0.1, -0.05) is 12.1 Å². The first-order chi connectivity index (χ1) is 19.0. The van der Waals surface area contributed by atoms with Crippen LogP contribution in [0.2, 0.25) is 0 Å². The number of halogens is 2. The van der Waals surface area contributed by atoms with Crippen LogP contribution in [0.1, 0.15) is 70.9 Å². The van der Waals surface area contributed by atoms with Crippen LogP contribution in [0.3, 0.4) is 0 Å². The Hall–Kier alpha value is -2.69. The number of piperazine rings is 1. The molecular formula is C30H40F2N6O2. The highest BCUT2D eigenvalue weighted by Gasteiger charge is 2.45. The second-order valence-corrected chi connectivity index (χ2v) is 13.0. The number of aliphatic hydroxyl groups is 1. The highest BCUT2D eigenvalue weighted by molar-refractivity contribution is 6.04. The van der Waals surface area contributed by atoms with Crippen molar-refractivity contribution in [2.45, 2.75) is 95.5 Å². The molecular weight excluding hydrogens is 514 g/mol. The minimum absolute atomic E-state index is 0.0901. The molecule has 0 radical (unpaired) electrons. The molecule has 40 heavy (non-hydrogen) atoms. The van der Waals surface area contributed by atoms with Crippen LogP contribution in [-0.4, -0.2) is 79.2 Å². The van der Waals surface area contributed by atoms with Gasteiger partial charge >= 0.3 is 0 Å². The van der Waals surface area contributed by atoms with Gasteiger partial charge in [0, 0.05) is 80.2 Å². The number of aromatic nitrogens is 3. The van der Waals surface area contributed by atoms with Crippen LogP contribution in [0.25, 0.3) is 21.8 Å². The summed E-state index contributed by atoms with van der Waals surface area (Å²) < 4.78 is 28.6. The fourth-order valence-electron chi connectivity index (χ4n) is 6.58. The van der Waals surface area contributed by atoms with Gasteiger partial charge in [0.05, 0.1) is 6.10 Å². The van der Waals surface area contributed by atoms with Crippen LogP contribution >= 0.6 is 0 Å². The average Bonchev–Trinajstić information content (AvgIpc) is 2.89. The summed E-state index contributed by atoms with van der Waals surface area (Å²) in [6.07, 6.45) is 3.50. The Labute approximate surface area is 233 Å². The van der Waals surface area contributed by atoms with E-state index in [0.717, 1.165) is 49.1 Å². The normalized spacial score (nSPS) is 24.9. The highest BCUT2D eigenvalue weighted by atomic mass is 19.3. The van der Waals surface area contributed by atoms with E-state index < -0.39 is 5.92 Å². The largest absolute Gasteiger partial charge is 0.393 e. The molecule has 2 aromatic heterocycles. The van der Waals surface area contributed by atoms with E-state index in [4.69, 9.17) is 4.98 Å². The minimum Gasteiger partial charge on any atom is -0.393 e. The summed E-state index contributed by atoms with van der Waals surface area (Å²) in [6, 6.07) is 5.63. The van der Waals surface area contributed by atoms with Gasteiger partial charge < -0.3 is 10.4 Å². The van der Waals surface area contributed by atoms with Crippen molar-refractivity contribution >= 4 is 27.8 Å². The zero-order valence-electron chi connectivity index (χ0n) is 23.7. The van der Waals surface area contributed by atoms with Gasteiger partial charge in [0.15, 0.2) is 0 Å². The summed E-state index contributed by atoms with van der Waals surface area (Å²) in [5.74, 6) is -2.38. The lowest BCUT2D eigenvalue weighted by Crippen LogP contribution is -2.53. The van der Waals surface area contributed by atoms with E-state index >= 15 is 0 Å². The molecule has 0 bridgehead atoms. The molecule has 3 aromatic rings. The number of rotatable bonds is 5. The van der Waals surface area contributed by atoms with E-state index in [1.807, 2.05) is 12.1 Å². The molecule has 0 amide bonds. The Morgan fingerprint density at radius 2 is 1.73 bits per heavy atom. The third-order valence-electron chi connectivity index (χ3n) is 9.00. The van der Waals surface area contributed by atoms with Crippen molar-refractivity contribution in [2.75, 3.05) is 31.5 Å². The first kappa shape index (κ1) is 27.5. The lowest BCUT2D eigenvalue weighted by atomic mass is 9.88. The molecule has 2 saturated carbocycles. The van der Waals surface area contributed by atoms with Gasteiger partial charge in [0.2, 0.25) is 5.95 Å². The van der Waals surface area contributed by atoms with Crippen LogP contribution in [0.15, 0.2) is 29.2 Å². The fraction of sp³-hybridized carbons (Fsp3) is 0.633. The maximum Gasteiger partial charge on any atom is 0.260 e. The zero-order chi connectivity index (χ0) is 28.2. The molecule has 1 aromatic carbocycles. The lowest BCUT2D eigenvalue weighted by molar-refractivity contribution is -0.0794. The smallest absolute Gasteiger partial charge is 0.260 e. The Morgan fingerprint density at radius 1 is 1.02 bits per heavy atom. The summed E-state index contributed by atoms with van der Waals surface area (Å²) in [7, 11) is 0. The Kier molecular flexibility index (Phi) is 7.07. The lowest BCUT2D eigenvalue weighted by Gasteiger charge is -2.42. The maximum atomic E-state index is 14.1.